The molecule has 5 nitrogen and oxygen atoms in total. The van der Waals surface area contributed by atoms with Crippen molar-refractivity contribution < 1.29 is 0 Å². The minimum Gasteiger partial charge on any atom is -0.310 e. The molecule has 2 heterocycles. The Kier molecular flexibility index (Phi) is 5.15. The number of hydrogen-bond donors (Lipinski definition) is 1. The van der Waals surface area contributed by atoms with Crippen LogP contribution in [0.1, 0.15) is 37.4 Å². The summed E-state index contributed by atoms with van der Waals surface area (Å²) >= 11 is 3.04. The molecule has 0 fully saturated rings. The van der Waals surface area contributed by atoms with Gasteiger partial charge in [-0.15, -0.1) is 15.3 Å². The molecule has 98 valence electrons. The standard InChI is InChI=1S/C11H17N5S2/c1-3-5-8-10(18-16-13-8)11-15-14-9(17-11)7-12-6-4-2/h12H,3-7H2,1-2H3. The fourth-order valence-electron chi connectivity index (χ4n) is 1.56. The molecule has 0 amide bonds. The van der Waals surface area contributed by atoms with Crippen molar-refractivity contribution in [2.45, 2.75) is 39.7 Å². The SMILES string of the molecule is CCCNCc1nnc(-c2snnc2CCC)s1. The first-order chi connectivity index (χ1) is 8.85. The largest absolute Gasteiger partial charge is 0.310 e. The monoisotopic (exact) mass is 283 g/mol. The third kappa shape index (κ3) is 3.30. The third-order valence-electron chi connectivity index (χ3n) is 2.41. The molecule has 0 radical (unpaired) electrons. The van der Waals surface area contributed by atoms with E-state index in [4.69, 9.17) is 0 Å². The van der Waals surface area contributed by atoms with Crippen LogP contribution in [-0.2, 0) is 13.0 Å². The van der Waals surface area contributed by atoms with Gasteiger partial charge in [-0.25, -0.2) is 0 Å². The Labute approximate surface area is 115 Å². The van der Waals surface area contributed by atoms with E-state index in [1.807, 2.05) is 0 Å². The maximum atomic E-state index is 4.24. The molecule has 0 aliphatic carbocycles. The van der Waals surface area contributed by atoms with Crippen molar-refractivity contribution in [1.29, 1.82) is 0 Å². The van der Waals surface area contributed by atoms with Gasteiger partial charge < -0.3 is 5.32 Å². The molecule has 1 N–H and O–H groups in total. The summed E-state index contributed by atoms with van der Waals surface area (Å²) in [4.78, 5) is 1.08. The fraction of sp³-hybridized carbons (Fsp3) is 0.636. The highest BCUT2D eigenvalue weighted by atomic mass is 32.1. The van der Waals surface area contributed by atoms with E-state index in [1.165, 1.54) is 11.5 Å². The van der Waals surface area contributed by atoms with Crippen molar-refractivity contribution in [3.63, 3.8) is 0 Å². The highest BCUT2D eigenvalue weighted by Crippen LogP contribution is 2.29. The molecule has 0 aliphatic rings. The van der Waals surface area contributed by atoms with Crippen LogP contribution in [-0.4, -0.2) is 26.3 Å². The lowest BCUT2D eigenvalue weighted by atomic mass is 10.2. The quantitative estimate of drug-likeness (QED) is 0.791. The summed E-state index contributed by atoms with van der Waals surface area (Å²) in [5.41, 5.74) is 1.05. The lowest BCUT2D eigenvalue weighted by Gasteiger charge is -1.96. The molecule has 0 aliphatic heterocycles. The van der Waals surface area contributed by atoms with Crippen molar-refractivity contribution in [2.75, 3.05) is 6.54 Å². The summed E-state index contributed by atoms with van der Waals surface area (Å²) in [6, 6.07) is 0. The van der Waals surface area contributed by atoms with Crippen LogP contribution in [0.5, 0.6) is 0 Å². The van der Waals surface area contributed by atoms with Crippen LogP contribution in [0.25, 0.3) is 9.88 Å². The smallest absolute Gasteiger partial charge is 0.161 e. The van der Waals surface area contributed by atoms with E-state index >= 15 is 0 Å². The summed E-state index contributed by atoms with van der Waals surface area (Å²) < 4.78 is 4.02. The summed E-state index contributed by atoms with van der Waals surface area (Å²) in [5, 5.41) is 17.9. The molecular formula is C11H17N5S2. The van der Waals surface area contributed by atoms with E-state index < -0.39 is 0 Å². The Morgan fingerprint density at radius 3 is 2.78 bits per heavy atom. The van der Waals surface area contributed by atoms with Gasteiger partial charge in [-0.2, -0.15) is 0 Å². The van der Waals surface area contributed by atoms with E-state index in [0.717, 1.165) is 52.9 Å². The van der Waals surface area contributed by atoms with Crippen LogP contribution in [0.2, 0.25) is 0 Å². The molecule has 2 rings (SSSR count). The van der Waals surface area contributed by atoms with Crippen molar-refractivity contribution in [3.05, 3.63) is 10.7 Å². The Bertz CT molecular complexity index is 479. The first kappa shape index (κ1) is 13.5. The van der Waals surface area contributed by atoms with Crippen LogP contribution < -0.4 is 5.32 Å². The first-order valence-electron chi connectivity index (χ1n) is 6.19. The topological polar surface area (TPSA) is 63.6 Å². The molecule has 18 heavy (non-hydrogen) atoms. The van der Waals surface area contributed by atoms with E-state index in [-0.39, 0.29) is 0 Å². The zero-order valence-corrected chi connectivity index (χ0v) is 12.3. The molecule has 0 unspecified atom stereocenters. The van der Waals surface area contributed by atoms with Crippen molar-refractivity contribution in [2.24, 2.45) is 0 Å². The number of hydrogen-bond acceptors (Lipinski definition) is 7. The number of aromatic nitrogens is 4. The average molecular weight is 283 g/mol. The molecule has 0 saturated carbocycles. The van der Waals surface area contributed by atoms with Crippen molar-refractivity contribution in [3.8, 4) is 9.88 Å². The normalized spacial score (nSPS) is 11.0. The predicted molar refractivity (Wildman–Crippen MR) is 74.8 cm³/mol. The van der Waals surface area contributed by atoms with Gasteiger partial charge in [0.1, 0.15) is 9.88 Å². The molecular weight excluding hydrogens is 266 g/mol. The molecule has 0 spiro atoms. The Balaban J connectivity index is 2.06. The zero-order valence-electron chi connectivity index (χ0n) is 10.6. The molecule has 2 aromatic rings. The Morgan fingerprint density at radius 1 is 1.11 bits per heavy atom. The Hall–Kier alpha value is -0.920. The fourth-order valence-corrected chi connectivity index (χ4v) is 3.16. The van der Waals surface area contributed by atoms with Crippen LogP contribution in [0.4, 0.5) is 0 Å². The van der Waals surface area contributed by atoms with Crippen LogP contribution >= 0.6 is 22.9 Å². The van der Waals surface area contributed by atoms with Crippen LogP contribution in [0, 0.1) is 0 Å². The van der Waals surface area contributed by atoms with E-state index in [1.54, 1.807) is 11.3 Å². The average Bonchev–Trinajstić information content (AvgIpc) is 2.98. The number of rotatable bonds is 7. The van der Waals surface area contributed by atoms with Gasteiger partial charge in [0.25, 0.3) is 0 Å². The summed E-state index contributed by atoms with van der Waals surface area (Å²) in [6.07, 6.45) is 3.15. The second kappa shape index (κ2) is 6.86. The highest BCUT2D eigenvalue weighted by Gasteiger charge is 2.14. The highest BCUT2D eigenvalue weighted by molar-refractivity contribution is 7.19. The van der Waals surface area contributed by atoms with Gasteiger partial charge >= 0.3 is 0 Å². The molecule has 7 heteroatoms. The third-order valence-corrected chi connectivity index (χ3v) is 4.25. The Morgan fingerprint density at radius 2 is 2.00 bits per heavy atom. The summed E-state index contributed by atoms with van der Waals surface area (Å²) in [6.45, 7) is 6.10. The summed E-state index contributed by atoms with van der Waals surface area (Å²) in [7, 11) is 0. The number of aryl methyl sites for hydroxylation is 1. The van der Waals surface area contributed by atoms with Gasteiger partial charge in [-0.3, -0.25) is 0 Å². The van der Waals surface area contributed by atoms with E-state index in [0.29, 0.717) is 0 Å². The predicted octanol–water partition coefficient (Wildman–Crippen LogP) is 2.51. The molecule has 2 aromatic heterocycles. The van der Waals surface area contributed by atoms with Gasteiger partial charge in [-0.05, 0) is 30.9 Å². The maximum Gasteiger partial charge on any atom is 0.161 e. The van der Waals surface area contributed by atoms with Crippen LogP contribution in [0.3, 0.4) is 0 Å². The zero-order chi connectivity index (χ0) is 12.8. The number of nitrogens with zero attached hydrogens (tertiary/aromatic N) is 4. The lowest BCUT2D eigenvalue weighted by molar-refractivity contribution is 0.668. The van der Waals surface area contributed by atoms with Gasteiger partial charge in [0.05, 0.1) is 5.69 Å². The van der Waals surface area contributed by atoms with E-state index in [9.17, 15) is 0 Å². The van der Waals surface area contributed by atoms with Crippen molar-refractivity contribution >= 4 is 22.9 Å². The molecule has 0 aromatic carbocycles. The number of nitrogens with one attached hydrogen (secondary N) is 1. The molecule has 0 atom stereocenters. The van der Waals surface area contributed by atoms with Crippen molar-refractivity contribution in [1.82, 2.24) is 25.1 Å². The maximum absolute atomic E-state index is 4.24. The van der Waals surface area contributed by atoms with Gasteiger partial charge in [-0.1, -0.05) is 36.1 Å². The minimum atomic E-state index is 0.793. The molecule has 0 bridgehead atoms. The minimum absolute atomic E-state index is 0.793. The van der Waals surface area contributed by atoms with Crippen LogP contribution in [0.15, 0.2) is 0 Å². The van der Waals surface area contributed by atoms with Gasteiger partial charge in [0.15, 0.2) is 5.01 Å². The first-order valence-corrected chi connectivity index (χ1v) is 7.78. The van der Waals surface area contributed by atoms with Gasteiger partial charge in [0, 0.05) is 6.54 Å². The van der Waals surface area contributed by atoms with Gasteiger partial charge in [0.2, 0.25) is 0 Å². The second-order valence-corrected chi connectivity index (χ2v) is 5.79. The van der Waals surface area contributed by atoms with E-state index in [2.05, 4.69) is 38.9 Å². The molecule has 0 saturated heterocycles. The lowest BCUT2D eigenvalue weighted by Crippen LogP contribution is -2.13. The summed E-state index contributed by atoms with van der Waals surface area (Å²) in [5.74, 6) is 0. The second-order valence-electron chi connectivity index (χ2n) is 3.98.